The van der Waals surface area contributed by atoms with Crippen LogP contribution in [0.1, 0.15) is 92.1 Å². The van der Waals surface area contributed by atoms with Crippen LogP contribution in [0.15, 0.2) is 35.5 Å². The van der Waals surface area contributed by atoms with Gasteiger partial charge in [-0.05, 0) is 74.0 Å². The number of aliphatic hydroxyl groups excluding tert-OH is 1. The van der Waals surface area contributed by atoms with Crippen LogP contribution in [-0.4, -0.2) is 40.4 Å². The quantitative estimate of drug-likeness (QED) is 0.481. The molecule has 0 aliphatic heterocycles. The van der Waals surface area contributed by atoms with Gasteiger partial charge in [0, 0.05) is 25.0 Å². The number of alkyl halides is 2. The van der Waals surface area contributed by atoms with Crippen molar-refractivity contribution in [2.24, 2.45) is 5.92 Å². The van der Waals surface area contributed by atoms with Gasteiger partial charge in [-0.25, -0.2) is 17.2 Å². The summed E-state index contributed by atoms with van der Waals surface area (Å²) in [4.78, 5) is 22.3. The molecule has 1 aromatic heterocycles. The fraction of sp³-hybridized carbons (Fsp3) is 0.593. The molecule has 3 fully saturated rings. The van der Waals surface area contributed by atoms with Crippen molar-refractivity contribution in [1.29, 1.82) is 0 Å². The summed E-state index contributed by atoms with van der Waals surface area (Å²) in [5.74, 6) is -3.07. The number of benzene rings is 1. The molecule has 9 heteroatoms. The molecule has 1 aromatic carbocycles. The highest BCUT2D eigenvalue weighted by atomic mass is 32.2. The maximum Gasteiger partial charge on any atom is 0.248 e. The standard InChI is InChI=1S/C27H32F2N2O4S/c28-27(29)9-7-17(8-10-27)11-23(25(33)13-20-14-31-21(16-32)15-30-20)19-3-6-26(24(12-19)18-1-2-18)36(34,35)22-4-5-22/h3,6,12,14-15,17-18,22-23,32H,1-2,4-5,7-11,13,16H2. The van der Waals surface area contributed by atoms with E-state index < -0.39 is 21.7 Å². The SMILES string of the molecule is O=C(Cc1cnc(CO)cn1)C(CC1CCC(F)(F)CC1)c1ccc(S(=O)(=O)C2CC2)c(C2CC2)c1. The van der Waals surface area contributed by atoms with Crippen LogP contribution in [0.4, 0.5) is 8.78 Å². The van der Waals surface area contributed by atoms with Crippen LogP contribution >= 0.6 is 0 Å². The third-order valence-electron chi connectivity index (χ3n) is 7.79. The third kappa shape index (κ3) is 5.67. The summed E-state index contributed by atoms with van der Waals surface area (Å²) >= 11 is 0. The van der Waals surface area contributed by atoms with Crippen molar-refractivity contribution in [3.63, 3.8) is 0 Å². The number of Topliss-reactive ketones (excluding diaryl/α,β-unsaturated/α-hetero) is 1. The number of hydrogen-bond acceptors (Lipinski definition) is 6. The van der Waals surface area contributed by atoms with E-state index in [1.54, 1.807) is 12.1 Å². The number of aromatic nitrogens is 2. The lowest BCUT2D eigenvalue weighted by atomic mass is 9.77. The molecule has 3 saturated carbocycles. The van der Waals surface area contributed by atoms with E-state index in [1.165, 1.54) is 12.4 Å². The molecule has 0 bridgehead atoms. The van der Waals surface area contributed by atoms with E-state index in [-0.39, 0.29) is 48.7 Å². The van der Waals surface area contributed by atoms with Crippen molar-refractivity contribution < 1.29 is 27.1 Å². The zero-order chi connectivity index (χ0) is 25.5. The minimum Gasteiger partial charge on any atom is -0.390 e. The average molecular weight is 519 g/mol. The summed E-state index contributed by atoms with van der Waals surface area (Å²) in [6.45, 7) is -0.240. The van der Waals surface area contributed by atoms with Crippen LogP contribution in [0.25, 0.3) is 0 Å². The molecule has 0 spiro atoms. The second-order valence-corrected chi connectivity index (χ2v) is 12.9. The zero-order valence-corrected chi connectivity index (χ0v) is 21.0. The lowest BCUT2D eigenvalue weighted by Gasteiger charge is -2.30. The summed E-state index contributed by atoms with van der Waals surface area (Å²) in [5.41, 5.74) is 2.45. The largest absolute Gasteiger partial charge is 0.390 e. The van der Waals surface area contributed by atoms with Crippen molar-refractivity contribution >= 4 is 15.6 Å². The van der Waals surface area contributed by atoms with Gasteiger partial charge in [0.05, 0.1) is 40.8 Å². The molecule has 3 aliphatic rings. The van der Waals surface area contributed by atoms with Crippen molar-refractivity contribution in [1.82, 2.24) is 9.97 Å². The Morgan fingerprint density at radius 1 is 1.03 bits per heavy atom. The Balaban J connectivity index is 1.44. The molecule has 6 nitrogen and oxygen atoms in total. The van der Waals surface area contributed by atoms with Gasteiger partial charge in [-0.1, -0.05) is 12.1 Å². The zero-order valence-electron chi connectivity index (χ0n) is 20.2. The van der Waals surface area contributed by atoms with Gasteiger partial charge in [0.15, 0.2) is 9.84 Å². The molecule has 0 radical (unpaired) electrons. The first-order valence-corrected chi connectivity index (χ1v) is 14.4. The Morgan fingerprint density at radius 2 is 1.69 bits per heavy atom. The maximum absolute atomic E-state index is 13.8. The topological polar surface area (TPSA) is 97.2 Å². The summed E-state index contributed by atoms with van der Waals surface area (Å²) in [6.07, 6.45) is 7.04. The first-order valence-electron chi connectivity index (χ1n) is 12.9. The molecule has 0 amide bonds. The minimum absolute atomic E-state index is 0.000622. The Hall–Kier alpha value is -2.26. The number of hydrogen-bond donors (Lipinski definition) is 1. The van der Waals surface area contributed by atoms with Gasteiger partial charge in [0.25, 0.3) is 0 Å². The van der Waals surface area contributed by atoms with E-state index in [0.29, 0.717) is 48.4 Å². The second-order valence-electron chi connectivity index (χ2n) is 10.7. The average Bonchev–Trinajstić information content (AvgIpc) is 3.76. The monoisotopic (exact) mass is 518 g/mol. The smallest absolute Gasteiger partial charge is 0.248 e. The van der Waals surface area contributed by atoms with Crippen LogP contribution in [-0.2, 0) is 27.7 Å². The first kappa shape index (κ1) is 25.4. The van der Waals surface area contributed by atoms with Gasteiger partial charge >= 0.3 is 0 Å². The van der Waals surface area contributed by atoms with Crippen molar-refractivity contribution in [2.45, 2.75) is 98.7 Å². The molecule has 194 valence electrons. The fourth-order valence-corrected chi connectivity index (χ4v) is 7.22. The molecular weight excluding hydrogens is 486 g/mol. The molecule has 1 unspecified atom stereocenters. The van der Waals surface area contributed by atoms with E-state index in [9.17, 15) is 27.1 Å². The number of sulfone groups is 1. The fourth-order valence-electron chi connectivity index (χ4n) is 5.29. The normalized spacial score (nSPS) is 21.3. The second kappa shape index (κ2) is 9.89. The van der Waals surface area contributed by atoms with E-state index in [4.69, 9.17) is 0 Å². The van der Waals surface area contributed by atoms with Gasteiger partial charge in [-0.3, -0.25) is 14.8 Å². The van der Waals surface area contributed by atoms with Gasteiger partial charge in [0.1, 0.15) is 5.78 Å². The van der Waals surface area contributed by atoms with Gasteiger partial charge in [0.2, 0.25) is 5.92 Å². The van der Waals surface area contributed by atoms with Gasteiger partial charge in [-0.15, -0.1) is 0 Å². The highest BCUT2D eigenvalue weighted by Crippen LogP contribution is 2.47. The van der Waals surface area contributed by atoms with Crippen LogP contribution in [0.2, 0.25) is 0 Å². The minimum atomic E-state index is -3.37. The van der Waals surface area contributed by atoms with Gasteiger partial charge < -0.3 is 5.11 Å². The number of carbonyl (C=O) groups is 1. The number of ketones is 1. The third-order valence-corrected chi connectivity index (χ3v) is 10.1. The molecule has 1 atom stereocenters. The Labute approximate surface area is 210 Å². The summed E-state index contributed by atoms with van der Waals surface area (Å²) in [7, 11) is -3.37. The highest BCUT2D eigenvalue weighted by Gasteiger charge is 2.41. The predicted octanol–water partition coefficient (Wildman–Crippen LogP) is 4.89. The van der Waals surface area contributed by atoms with E-state index >= 15 is 0 Å². The summed E-state index contributed by atoms with van der Waals surface area (Å²) in [5, 5.41) is 8.89. The molecule has 5 rings (SSSR count). The lowest BCUT2D eigenvalue weighted by molar-refractivity contribution is -0.120. The highest BCUT2D eigenvalue weighted by molar-refractivity contribution is 7.92. The number of aliphatic hydroxyl groups is 1. The molecule has 36 heavy (non-hydrogen) atoms. The number of nitrogens with zero attached hydrogens (tertiary/aromatic N) is 2. The molecule has 3 aliphatic carbocycles. The first-order chi connectivity index (χ1) is 17.2. The molecule has 1 N–H and O–H groups in total. The molecule has 2 aromatic rings. The van der Waals surface area contributed by atoms with E-state index in [0.717, 1.165) is 24.0 Å². The Kier molecular flexibility index (Phi) is 6.98. The van der Waals surface area contributed by atoms with E-state index in [1.807, 2.05) is 6.07 Å². The van der Waals surface area contributed by atoms with Crippen molar-refractivity contribution in [3.8, 4) is 0 Å². The van der Waals surface area contributed by atoms with Crippen LogP contribution in [0.3, 0.4) is 0 Å². The van der Waals surface area contributed by atoms with Gasteiger partial charge in [-0.2, -0.15) is 0 Å². The maximum atomic E-state index is 13.8. The van der Waals surface area contributed by atoms with E-state index in [2.05, 4.69) is 9.97 Å². The molecular formula is C27H32F2N2O4S. The van der Waals surface area contributed by atoms with Crippen LogP contribution in [0.5, 0.6) is 0 Å². The molecule has 1 heterocycles. The number of carbonyl (C=O) groups excluding carboxylic acids is 1. The van der Waals surface area contributed by atoms with Crippen molar-refractivity contribution in [2.75, 3.05) is 0 Å². The summed E-state index contributed by atoms with van der Waals surface area (Å²) in [6, 6.07) is 5.32. The number of halogens is 2. The van der Waals surface area contributed by atoms with Crippen molar-refractivity contribution in [3.05, 3.63) is 53.1 Å². The Bertz CT molecular complexity index is 1210. The predicted molar refractivity (Wildman–Crippen MR) is 130 cm³/mol. The Morgan fingerprint density at radius 3 is 2.28 bits per heavy atom. The summed E-state index contributed by atoms with van der Waals surface area (Å²) < 4.78 is 53.7. The van der Waals surface area contributed by atoms with Crippen LogP contribution in [0, 0.1) is 5.92 Å². The van der Waals surface area contributed by atoms with Crippen LogP contribution < -0.4 is 0 Å². The number of rotatable bonds is 10. The molecule has 0 saturated heterocycles. The lowest BCUT2D eigenvalue weighted by Crippen LogP contribution is -2.27.